The second-order valence-corrected chi connectivity index (χ2v) is 8.13. The molecule has 0 amide bonds. The molecule has 0 saturated heterocycles. The molecule has 0 spiro atoms. The first-order valence-electron chi connectivity index (χ1n) is 9.18. The standard InChI is InChI=1S/C22H20N4O2S/c1-14-4-6-15(7-5-14)12-18-20(27)23-22-26(24-18)21(28)19(29-22)13-16-8-10-17(11-9-16)25(2)3/h4-11,13H,12H2,1-3H3. The molecule has 146 valence electrons. The zero-order valence-electron chi connectivity index (χ0n) is 16.4. The molecule has 0 unspecified atom stereocenters. The van der Waals surface area contributed by atoms with Crippen LogP contribution in [0.1, 0.15) is 22.4 Å². The summed E-state index contributed by atoms with van der Waals surface area (Å²) in [5.74, 6) is 0. The Hall–Kier alpha value is -3.32. The van der Waals surface area contributed by atoms with Gasteiger partial charge in [0.05, 0.1) is 4.53 Å². The smallest absolute Gasteiger partial charge is 0.296 e. The molecule has 4 aromatic rings. The van der Waals surface area contributed by atoms with Crippen LogP contribution in [0, 0.1) is 6.92 Å². The van der Waals surface area contributed by atoms with Crippen molar-refractivity contribution in [2.45, 2.75) is 13.3 Å². The highest BCUT2D eigenvalue weighted by Crippen LogP contribution is 2.13. The fourth-order valence-corrected chi connectivity index (χ4v) is 3.88. The molecule has 0 saturated carbocycles. The van der Waals surface area contributed by atoms with Gasteiger partial charge in [-0.05, 0) is 36.3 Å². The van der Waals surface area contributed by atoms with Crippen molar-refractivity contribution in [1.29, 1.82) is 0 Å². The van der Waals surface area contributed by atoms with E-state index < -0.39 is 5.56 Å². The van der Waals surface area contributed by atoms with Crippen LogP contribution in [-0.2, 0) is 6.42 Å². The lowest BCUT2D eigenvalue weighted by Crippen LogP contribution is -2.28. The maximum absolute atomic E-state index is 12.8. The minimum Gasteiger partial charge on any atom is -0.378 e. The number of hydrogen-bond acceptors (Lipinski definition) is 6. The number of anilines is 1. The van der Waals surface area contributed by atoms with Crippen molar-refractivity contribution >= 4 is 28.1 Å². The molecule has 0 bridgehead atoms. The van der Waals surface area contributed by atoms with Crippen LogP contribution in [0.5, 0.6) is 0 Å². The van der Waals surface area contributed by atoms with E-state index in [9.17, 15) is 9.59 Å². The molecule has 0 N–H and O–H groups in total. The van der Waals surface area contributed by atoms with Gasteiger partial charge in [0, 0.05) is 26.2 Å². The molecular formula is C22H20N4O2S. The number of nitrogens with zero attached hydrogens (tertiary/aromatic N) is 4. The third-order valence-electron chi connectivity index (χ3n) is 4.65. The fourth-order valence-electron chi connectivity index (χ4n) is 2.97. The van der Waals surface area contributed by atoms with E-state index in [4.69, 9.17) is 0 Å². The number of aromatic nitrogens is 3. The first-order chi connectivity index (χ1) is 13.9. The number of aryl methyl sites for hydroxylation is 1. The van der Waals surface area contributed by atoms with Gasteiger partial charge in [-0.2, -0.15) is 14.6 Å². The van der Waals surface area contributed by atoms with E-state index in [2.05, 4.69) is 10.1 Å². The predicted octanol–water partition coefficient (Wildman–Crippen LogP) is 2.02. The van der Waals surface area contributed by atoms with Crippen molar-refractivity contribution in [2.75, 3.05) is 19.0 Å². The van der Waals surface area contributed by atoms with Crippen molar-refractivity contribution in [3.8, 4) is 0 Å². The average molecular weight is 404 g/mol. The molecule has 0 radical (unpaired) electrons. The summed E-state index contributed by atoms with van der Waals surface area (Å²) < 4.78 is 1.73. The topological polar surface area (TPSA) is 67.6 Å². The number of rotatable bonds is 4. The first kappa shape index (κ1) is 19.0. The van der Waals surface area contributed by atoms with Gasteiger partial charge in [0.1, 0.15) is 5.69 Å². The summed E-state index contributed by atoms with van der Waals surface area (Å²) in [5.41, 5.74) is 3.69. The summed E-state index contributed by atoms with van der Waals surface area (Å²) in [7, 11) is 3.95. The summed E-state index contributed by atoms with van der Waals surface area (Å²) >= 11 is 1.17. The van der Waals surface area contributed by atoms with E-state index in [1.54, 1.807) is 6.08 Å². The Morgan fingerprint density at radius 2 is 1.72 bits per heavy atom. The average Bonchev–Trinajstić information content (AvgIpc) is 2.99. The third-order valence-corrected chi connectivity index (χ3v) is 5.61. The van der Waals surface area contributed by atoms with Gasteiger partial charge in [-0.15, -0.1) is 0 Å². The Morgan fingerprint density at radius 3 is 2.38 bits per heavy atom. The fraction of sp³-hybridized carbons (Fsp3) is 0.182. The van der Waals surface area contributed by atoms with E-state index in [0.29, 0.717) is 15.9 Å². The molecule has 0 fully saturated rings. The lowest BCUT2D eigenvalue weighted by Gasteiger charge is -2.11. The Balaban J connectivity index is 1.74. The van der Waals surface area contributed by atoms with Crippen molar-refractivity contribution in [3.63, 3.8) is 0 Å². The lowest BCUT2D eigenvalue weighted by molar-refractivity contribution is 0.811. The van der Waals surface area contributed by atoms with E-state index >= 15 is 0 Å². The Morgan fingerprint density at radius 1 is 1.03 bits per heavy atom. The maximum Gasteiger partial charge on any atom is 0.296 e. The highest BCUT2D eigenvalue weighted by Gasteiger charge is 2.11. The highest BCUT2D eigenvalue weighted by atomic mass is 32.1. The van der Waals surface area contributed by atoms with Crippen LogP contribution < -0.4 is 20.6 Å². The zero-order valence-corrected chi connectivity index (χ0v) is 17.2. The molecular weight excluding hydrogens is 384 g/mol. The van der Waals surface area contributed by atoms with Gasteiger partial charge in [0.2, 0.25) is 4.96 Å². The van der Waals surface area contributed by atoms with Crippen LogP contribution in [0.15, 0.2) is 58.1 Å². The molecule has 0 aliphatic carbocycles. The molecule has 0 aliphatic rings. The quantitative estimate of drug-likeness (QED) is 0.521. The van der Waals surface area contributed by atoms with Gasteiger partial charge in [-0.3, -0.25) is 9.59 Å². The van der Waals surface area contributed by atoms with E-state index in [-0.39, 0.29) is 11.3 Å². The number of benzene rings is 2. The van der Waals surface area contributed by atoms with Gasteiger partial charge in [-0.25, -0.2) is 0 Å². The van der Waals surface area contributed by atoms with Crippen LogP contribution in [0.3, 0.4) is 0 Å². The zero-order chi connectivity index (χ0) is 20.5. The molecule has 7 heteroatoms. The summed E-state index contributed by atoms with van der Waals surface area (Å²) in [5, 5.41) is 4.30. The molecule has 29 heavy (non-hydrogen) atoms. The monoisotopic (exact) mass is 404 g/mol. The van der Waals surface area contributed by atoms with Gasteiger partial charge in [0.25, 0.3) is 11.1 Å². The normalized spacial score (nSPS) is 11.9. The highest BCUT2D eigenvalue weighted by molar-refractivity contribution is 7.15. The molecule has 0 atom stereocenters. The molecule has 2 aromatic heterocycles. The Kier molecular flexibility index (Phi) is 4.98. The summed E-state index contributed by atoms with van der Waals surface area (Å²) in [4.78, 5) is 31.6. The first-order valence-corrected chi connectivity index (χ1v) is 10.00. The molecule has 2 heterocycles. The largest absolute Gasteiger partial charge is 0.378 e. The van der Waals surface area contributed by atoms with Crippen molar-refractivity contribution in [2.24, 2.45) is 0 Å². The van der Waals surface area contributed by atoms with Gasteiger partial charge in [-0.1, -0.05) is 53.3 Å². The molecule has 6 nitrogen and oxygen atoms in total. The second-order valence-electron chi connectivity index (χ2n) is 7.12. The van der Waals surface area contributed by atoms with Crippen molar-refractivity contribution in [3.05, 3.63) is 96.2 Å². The van der Waals surface area contributed by atoms with Crippen LogP contribution >= 0.6 is 11.3 Å². The van der Waals surface area contributed by atoms with Crippen LogP contribution in [-0.4, -0.2) is 28.7 Å². The third kappa shape index (κ3) is 3.95. The Labute approximate surface area is 171 Å². The van der Waals surface area contributed by atoms with Gasteiger partial charge < -0.3 is 4.90 Å². The summed E-state index contributed by atoms with van der Waals surface area (Å²) in [6.07, 6.45) is 2.14. The predicted molar refractivity (Wildman–Crippen MR) is 117 cm³/mol. The lowest BCUT2D eigenvalue weighted by atomic mass is 10.1. The molecule has 0 aliphatic heterocycles. The summed E-state index contributed by atoms with van der Waals surface area (Å²) in [6.45, 7) is 2.01. The minimum absolute atomic E-state index is 0.264. The second kappa shape index (κ2) is 7.60. The van der Waals surface area contributed by atoms with Crippen molar-refractivity contribution < 1.29 is 0 Å². The maximum atomic E-state index is 12.8. The number of hydrogen-bond donors (Lipinski definition) is 0. The van der Waals surface area contributed by atoms with E-state index in [1.165, 1.54) is 15.9 Å². The number of fused-ring (bicyclic) bond motifs is 1. The number of thiazole rings is 1. The summed E-state index contributed by atoms with van der Waals surface area (Å²) in [6, 6.07) is 15.8. The molecule has 2 aromatic carbocycles. The van der Waals surface area contributed by atoms with Gasteiger partial charge in [0.15, 0.2) is 0 Å². The SMILES string of the molecule is Cc1ccc(Cc2nn3c(=O)c(=Cc4ccc(N(C)C)cc4)sc3nc2=O)cc1. The van der Waals surface area contributed by atoms with Crippen LogP contribution in [0.25, 0.3) is 11.0 Å². The molecule has 4 rings (SSSR count). The minimum atomic E-state index is -0.395. The van der Waals surface area contributed by atoms with E-state index in [0.717, 1.165) is 22.4 Å². The van der Waals surface area contributed by atoms with Crippen molar-refractivity contribution in [1.82, 2.24) is 14.6 Å². The van der Waals surface area contributed by atoms with E-state index in [1.807, 2.05) is 74.4 Å². The van der Waals surface area contributed by atoms with Crippen LogP contribution in [0.2, 0.25) is 0 Å². The Bertz CT molecular complexity index is 1340. The van der Waals surface area contributed by atoms with Crippen LogP contribution in [0.4, 0.5) is 5.69 Å². The van der Waals surface area contributed by atoms with Gasteiger partial charge >= 0.3 is 0 Å².